The van der Waals surface area contributed by atoms with Gasteiger partial charge in [-0.25, -0.2) is 11.1 Å². The third kappa shape index (κ3) is 12.6. The van der Waals surface area contributed by atoms with Crippen molar-refractivity contribution in [2.75, 3.05) is 0 Å². The van der Waals surface area contributed by atoms with Crippen molar-refractivity contribution in [3.05, 3.63) is 46.6 Å². The van der Waals surface area contributed by atoms with Crippen LogP contribution in [0.1, 0.15) is 67.2 Å². The average molecular weight is 375 g/mol. The standard InChI is InChI=1S/2C8H11.C3H6.2ClH.Ti/c2*1-3-8-6-4-5-7(8)2;1-3-2;;;/h2*6H,3-4H2,1-2H3;1-2H3;2*1H;/q2*-1;;;;+2/p-2. The van der Waals surface area contributed by atoms with Crippen molar-refractivity contribution in [3.63, 3.8) is 0 Å². The largest absolute Gasteiger partial charge is 1.00 e. The zero-order valence-electron chi connectivity index (χ0n) is 14.7. The van der Waals surface area contributed by atoms with Gasteiger partial charge in [-0.15, -0.1) is 12.8 Å². The summed E-state index contributed by atoms with van der Waals surface area (Å²) in [7, 11) is 0. The van der Waals surface area contributed by atoms with E-state index in [1.54, 1.807) is 0 Å². The first-order valence-electron chi connectivity index (χ1n) is 7.47. The number of halogens is 2. The summed E-state index contributed by atoms with van der Waals surface area (Å²) in [4.78, 5) is 0. The second kappa shape index (κ2) is 16.0. The number of hydrogen-bond donors (Lipinski definition) is 0. The molecule has 0 aromatic rings. The van der Waals surface area contributed by atoms with Crippen molar-refractivity contribution in [1.82, 2.24) is 0 Å². The summed E-state index contributed by atoms with van der Waals surface area (Å²) >= 11 is 2.08. The Labute approximate surface area is 162 Å². The minimum absolute atomic E-state index is 0. The second-order valence-electron chi connectivity index (χ2n) is 5.18. The molecule has 0 aliphatic heterocycles. The number of hydrogen-bond acceptors (Lipinski definition) is 0. The molecule has 0 aromatic heterocycles. The Morgan fingerprint density at radius 1 is 0.909 bits per heavy atom. The van der Waals surface area contributed by atoms with E-state index in [1.807, 2.05) is 0 Å². The SMILES string of the molecule is CCC1=CC[C-]=C1C.CCC1=CC[C-]=C1C.C[C](C)=[Ti+2].[Cl-].[Cl-]. The monoisotopic (exact) mass is 374 g/mol. The predicted octanol–water partition coefficient (Wildman–Crippen LogP) is -0.295. The summed E-state index contributed by atoms with van der Waals surface area (Å²) in [6.45, 7) is 12.8. The minimum Gasteiger partial charge on any atom is -1.00 e. The molecule has 0 nitrogen and oxygen atoms in total. The molecule has 0 fully saturated rings. The zero-order chi connectivity index (χ0) is 15.5. The van der Waals surface area contributed by atoms with E-state index < -0.39 is 0 Å². The third-order valence-corrected chi connectivity index (χ3v) is 3.16. The van der Waals surface area contributed by atoms with Gasteiger partial charge in [0.2, 0.25) is 0 Å². The maximum absolute atomic E-state index is 3.24. The van der Waals surface area contributed by atoms with Gasteiger partial charge in [-0.05, 0) is 0 Å². The molecule has 0 bridgehead atoms. The maximum atomic E-state index is 3.24. The Kier molecular flexibility index (Phi) is 19.6. The van der Waals surface area contributed by atoms with Crippen LogP contribution in [0.15, 0.2) is 34.4 Å². The normalized spacial score (nSPS) is 14.5. The molecule has 2 rings (SSSR count). The van der Waals surface area contributed by atoms with Gasteiger partial charge in [0.25, 0.3) is 0 Å². The molecule has 22 heavy (non-hydrogen) atoms. The molecule has 0 saturated heterocycles. The van der Waals surface area contributed by atoms with E-state index in [-0.39, 0.29) is 24.8 Å². The van der Waals surface area contributed by atoms with Crippen LogP contribution < -0.4 is 24.8 Å². The van der Waals surface area contributed by atoms with E-state index in [2.05, 4.69) is 85.8 Å². The van der Waals surface area contributed by atoms with Gasteiger partial charge in [0.1, 0.15) is 0 Å². The number of rotatable bonds is 2. The molecule has 0 saturated carbocycles. The van der Waals surface area contributed by atoms with Crippen molar-refractivity contribution in [2.24, 2.45) is 0 Å². The first kappa shape index (κ1) is 27.0. The topological polar surface area (TPSA) is 0 Å². The van der Waals surface area contributed by atoms with Crippen molar-refractivity contribution < 1.29 is 44.8 Å². The Morgan fingerprint density at radius 3 is 1.27 bits per heavy atom. The predicted molar refractivity (Wildman–Crippen MR) is 87.2 cm³/mol. The zero-order valence-corrected chi connectivity index (χ0v) is 17.8. The molecule has 0 radical (unpaired) electrons. The molecule has 2 aliphatic rings. The fourth-order valence-corrected chi connectivity index (χ4v) is 2.01. The molecular formula is C19H28Cl2Ti-2. The summed E-state index contributed by atoms with van der Waals surface area (Å²) in [5.41, 5.74) is 5.66. The molecule has 0 aromatic carbocycles. The fourth-order valence-electron chi connectivity index (χ4n) is 2.01. The molecule has 3 heteroatoms. The minimum atomic E-state index is 0. The maximum Gasteiger partial charge on any atom is -1.00 e. The van der Waals surface area contributed by atoms with Crippen molar-refractivity contribution in [3.8, 4) is 0 Å². The van der Waals surface area contributed by atoms with E-state index in [0.29, 0.717) is 0 Å². The van der Waals surface area contributed by atoms with Crippen LogP contribution in [-0.4, -0.2) is 3.81 Å². The Bertz CT molecular complexity index is 400. The van der Waals surface area contributed by atoms with Crippen LogP contribution in [0.4, 0.5) is 0 Å². The van der Waals surface area contributed by atoms with Crippen molar-refractivity contribution in [1.29, 1.82) is 0 Å². The first-order chi connectivity index (χ1) is 9.42. The first-order valence-corrected chi connectivity index (χ1v) is 8.25. The van der Waals surface area contributed by atoms with E-state index in [1.165, 1.54) is 38.9 Å². The van der Waals surface area contributed by atoms with Gasteiger partial charge in [-0.3, -0.25) is 12.2 Å². The third-order valence-electron chi connectivity index (χ3n) is 3.16. The van der Waals surface area contributed by atoms with E-state index >= 15 is 0 Å². The average Bonchev–Trinajstić information content (AvgIpc) is 2.97. The molecule has 0 amide bonds. The summed E-state index contributed by atoms with van der Waals surface area (Å²) in [5, 5.41) is 0. The van der Waals surface area contributed by atoms with Crippen LogP contribution in [0.5, 0.6) is 0 Å². The van der Waals surface area contributed by atoms with Crippen LogP contribution in [0.3, 0.4) is 0 Å². The summed E-state index contributed by atoms with van der Waals surface area (Å²) in [6.07, 6.45) is 15.4. The molecule has 124 valence electrons. The van der Waals surface area contributed by atoms with Crippen molar-refractivity contribution in [2.45, 2.75) is 67.2 Å². The molecule has 0 unspecified atom stereocenters. The van der Waals surface area contributed by atoms with Crippen LogP contribution in [0, 0.1) is 12.2 Å². The summed E-state index contributed by atoms with van der Waals surface area (Å²) in [5.74, 6) is 0. The van der Waals surface area contributed by atoms with Gasteiger partial charge in [0, 0.05) is 0 Å². The van der Waals surface area contributed by atoms with E-state index in [0.717, 1.165) is 12.8 Å². The molecule has 2 aliphatic carbocycles. The molecule has 0 heterocycles. The quantitative estimate of drug-likeness (QED) is 0.460. The van der Waals surface area contributed by atoms with Gasteiger partial charge in [0.15, 0.2) is 0 Å². The second-order valence-corrected chi connectivity index (χ2v) is 6.74. The summed E-state index contributed by atoms with van der Waals surface area (Å²) < 4.78 is 1.42. The molecular weight excluding hydrogens is 347 g/mol. The van der Waals surface area contributed by atoms with Crippen LogP contribution in [0.2, 0.25) is 0 Å². The molecule has 0 N–H and O–H groups in total. The van der Waals surface area contributed by atoms with Gasteiger partial charge < -0.3 is 24.8 Å². The van der Waals surface area contributed by atoms with Crippen molar-refractivity contribution >= 4 is 3.81 Å². The Balaban J connectivity index is -0.000000249. The smallest absolute Gasteiger partial charge is 1.00 e. The van der Waals surface area contributed by atoms with Crippen LogP contribution >= 0.6 is 0 Å². The van der Waals surface area contributed by atoms with Gasteiger partial charge in [-0.1, -0.05) is 40.5 Å². The Morgan fingerprint density at radius 2 is 1.18 bits per heavy atom. The van der Waals surface area contributed by atoms with E-state index in [4.69, 9.17) is 0 Å². The van der Waals surface area contributed by atoms with E-state index in [9.17, 15) is 0 Å². The number of allylic oxidation sites excluding steroid dienone is 8. The van der Waals surface area contributed by atoms with Gasteiger partial charge in [0.05, 0.1) is 0 Å². The summed E-state index contributed by atoms with van der Waals surface area (Å²) in [6, 6.07) is 0. The fraction of sp³-hybridized carbons (Fsp3) is 0.526. The molecule has 0 spiro atoms. The Hall–Kier alpha value is 0.124. The van der Waals surface area contributed by atoms with Crippen LogP contribution in [0.25, 0.3) is 0 Å². The van der Waals surface area contributed by atoms with Crippen LogP contribution in [-0.2, 0) is 20.0 Å². The van der Waals surface area contributed by atoms with Gasteiger partial charge >= 0.3 is 37.6 Å². The molecule has 0 atom stereocenters. The van der Waals surface area contributed by atoms with Gasteiger partial charge in [-0.2, -0.15) is 23.3 Å².